The topological polar surface area (TPSA) is 26.3 Å². The minimum Gasteiger partial charge on any atom is -0.466 e. The molecular formula is C14H22O2SSi. The van der Waals surface area contributed by atoms with Crippen molar-refractivity contribution >= 4 is 25.4 Å². The van der Waals surface area contributed by atoms with Gasteiger partial charge in [-0.1, -0.05) is 19.6 Å². The third kappa shape index (κ3) is 4.25. The minimum atomic E-state index is -1.08. The van der Waals surface area contributed by atoms with Crippen LogP contribution in [0.25, 0.3) is 0 Å². The lowest BCUT2D eigenvalue weighted by Gasteiger charge is -2.15. The van der Waals surface area contributed by atoms with Crippen LogP contribution >= 0.6 is 11.3 Å². The van der Waals surface area contributed by atoms with E-state index >= 15 is 0 Å². The summed E-state index contributed by atoms with van der Waals surface area (Å²) in [4.78, 5) is 11.7. The van der Waals surface area contributed by atoms with E-state index in [-0.39, 0.29) is 5.97 Å². The Bertz CT molecular complexity index is 394. The molecule has 18 heavy (non-hydrogen) atoms. The lowest BCUT2D eigenvalue weighted by Crippen LogP contribution is -2.22. The third-order valence-corrected chi connectivity index (χ3v) is 5.84. The number of hydrogen-bond donors (Lipinski definition) is 0. The number of carbonyl (C=O) groups is 1. The molecule has 1 aromatic rings. The Morgan fingerprint density at radius 2 is 2.28 bits per heavy atom. The van der Waals surface area contributed by atoms with Gasteiger partial charge >= 0.3 is 5.97 Å². The summed E-state index contributed by atoms with van der Waals surface area (Å²) in [7, 11) is -1.08. The first-order chi connectivity index (χ1) is 8.46. The first kappa shape index (κ1) is 13.8. The van der Waals surface area contributed by atoms with Crippen molar-refractivity contribution in [2.45, 2.75) is 44.4 Å². The molecule has 2 nitrogen and oxygen atoms in total. The van der Waals surface area contributed by atoms with E-state index in [0.717, 1.165) is 12.5 Å². The summed E-state index contributed by atoms with van der Waals surface area (Å²) >= 11 is 1.73. The molecule has 0 aliphatic heterocycles. The first-order valence-corrected chi connectivity index (χ1v) is 11.3. The van der Waals surface area contributed by atoms with E-state index in [9.17, 15) is 4.79 Å². The van der Waals surface area contributed by atoms with E-state index in [2.05, 4.69) is 36.5 Å². The monoisotopic (exact) mass is 282 g/mol. The van der Waals surface area contributed by atoms with Crippen molar-refractivity contribution < 1.29 is 9.53 Å². The molecule has 0 aromatic carbocycles. The van der Waals surface area contributed by atoms with Crippen molar-refractivity contribution in [1.82, 2.24) is 0 Å². The van der Waals surface area contributed by atoms with E-state index < -0.39 is 8.07 Å². The van der Waals surface area contributed by atoms with Crippen LogP contribution in [0.4, 0.5) is 0 Å². The zero-order valence-corrected chi connectivity index (χ0v) is 13.3. The highest BCUT2D eigenvalue weighted by Crippen LogP contribution is 2.50. The molecule has 1 aliphatic carbocycles. The van der Waals surface area contributed by atoms with Crippen LogP contribution in [-0.2, 0) is 9.53 Å². The molecule has 4 heteroatoms. The van der Waals surface area contributed by atoms with Gasteiger partial charge in [0.2, 0.25) is 0 Å². The predicted octanol–water partition coefficient (Wildman–Crippen LogP) is 4.12. The largest absolute Gasteiger partial charge is 0.466 e. The summed E-state index contributed by atoms with van der Waals surface area (Å²) in [6.07, 6.45) is 1.76. The fraction of sp³-hybridized carbons (Fsp3) is 0.643. The lowest BCUT2D eigenvalue weighted by molar-refractivity contribution is -0.143. The Morgan fingerprint density at radius 1 is 1.50 bits per heavy atom. The maximum atomic E-state index is 11.7. The molecule has 0 radical (unpaired) electrons. The molecule has 2 unspecified atom stereocenters. The molecule has 1 heterocycles. The third-order valence-electron chi connectivity index (χ3n) is 3.44. The van der Waals surface area contributed by atoms with Crippen molar-refractivity contribution in [1.29, 1.82) is 0 Å². The zero-order valence-electron chi connectivity index (χ0n) is 11.4. The highest BCUT2D eigenvalue weighted by molar-refractivity contribution is 7.08. The van der Waals surface area contributed by atoms with Crippen LogP contribution in [-0.4, -0.2) is 20.7 Å². The molecule has 0 bridgehead atoms. The average molecular weight is 282 g/mol. The molecule has 1 aromatic heterocycles. The van der Waals surface area contributed by atoms with Gasteiger partial charge in [-0.25, -0.2) is 0 Å². The van der Waals surface area contributed by atoms with Gasteiger partial charge in [-0.05, 0) is 46.7 Å². The Hall–Kier alpha value is -0.613. The van der Waals surface area contributed by atoms with Gasteiger partial charge in [0.15, 0.2) is 0 Å². The molecule has 2 atom stereocenters. The number of esters is 1. The van der Waals surface area contributed by atoms with Gasteiger partial charge in [-0.15, -0.1) is 0 Å². The van der Waals surface area contributed by atoms with Crippen LogP contribution < -0.4 is 0 Å². The zero-order chi connectivity index (χ0) is 13.2. The van der Waals surface area contributed by atoms with Crippen molar-refractivity contribution in [3.05, 3.63) is 22.4 Å². The van der Waals surface area contributed by atoms with E-state index in [1.54, 1.807) is 11.3 Å². The average Bonchev–Trinajstić information content (AvgIpc) is 2.80. The second kappa shape index (κ2) is 5.57. The molecule has 0 saturated heterocycles. The van der Waals surface area contributed by atoms with Crippen molar-refractivity contribution in [2.24, 2.45) is 5.92 Å². The summed E-state index contributed by atoms with van der Waals surface area (Å²) in [6.45, 7) is 7.52. The van der Waals surface area contributed by atoms with Crippen LogP contribution in [0.15, 0.2) is 16.8 Å². The molecule has 0 amide bonds. The second-order valence-electron chi connectivity index (χ2n) is 6.39. The van der Waals surface area contributed by atoms with Crippen LogP contribution in [0.1, 0.15) is 24.3 Å². The molecule has 1 fully saturated rings. The van der Waals surface area contributed by atoms with Crippen molar-refractivity contribution in [2.75, 3.05) is 6.61 Å². The van der Waals surface area contributed by atoms with E-state index in [1.807, 2.05) is 0 Å². The number of carbonyl (C=O) groups excluding carboxylic acids is 1. The molecule has 1 aliphatic rings. The predicted molar refractivity (Wildman–Crippen MR) is 78.9 cm³/mol. The second-order valence-corrected chi connectivity index (χ2v) is 12.8. The van der Waals surface area contributed by atoms with Gasteiger partial charge in [0.05, 0.1) is 6.61 Å². The first-order valence-electron chi connectivity index (χ1n) is 6.63. The molecule has 1 saturated carbocycles. The smallest absolute Gasteiger partial charge is 0.306 e. The fourth-order valence-electron chi connectivity index (χ4n) is 2.11. The van der Waals surface area contributed by atoms with Crippen molar-refractivity contribution in [3.8, 4) is 0 Å². The maximum Gasteiger partial charge on any atom is 0.306 e. The summed E-state index contributed by atoms with van der Waals surface area (Å²) in [5.41, 5.74) is 1.40. The summed E-state index contributed by atoms with van der Waals surface area (Å²) < 4.78 is 5.33. The van der Waals surface area contributed by atoms with Gasteiger partial charge in [0, 0.05) is 14.5 Å². The Kier molecular flexibility index (Phi) is 4.28. The highest BCUT2D eigenvalue weighted by Gasteiger charge is 2.40. The number of hydrogen-bond acceptors (Lipinski definition) is 3. The van der Waals surface area contributed by atoms with Gasteiger partial charge < -0.3 is 4.74 Å². The normalized spacial score (nSPS) is 22.8. The molecule has 0 spiro atoms. The Balaban J connectivity index is 1.65. The van der Waals surface area contributed by atoms with Crippen LogP contribution in [0, 0.1) is 5.92 Å². The minimum absolute atomic E-state index is 0.00372. The fourth-order valence-corrected chi connectivity index (χ4v) is 3.55. The number of rotatable bonds is 6. The van der Waals surface area contributed by atoms with E-state index in [4.69, 9.17) is 4.74 Å². The van der Waals surface area contributed by atoms with Crippen LogP contribution in [0.3, 0.4) is 0 Å². The van der Waals surface area contributed by atoms with Gasteiger partial charge in [0.1, 0.15) is 0 Å². The van der Waals surface area contributed by atoms with Crippen molar-refractivity contribution in [3.63, 3.8) is 0 Å². The standard InChI is InChI=1S/C14H22O2SSi/c1-18(2,3)7-5-16-14(15)9-12-8-13(12)11-4-6-17-10-11/h4,6,10,12-13H,5,7-9H2,1-3H3. The SMILES string of the molecule is C[Si](C)(C)CCOC(=O)CC1CC1c1ccsc1. The molecule has 100 valence electrons. The number of ether oxygens (including phenoxy) is 1. The van der Waals surface area contributed by atoms with Crippen LogP contribution in [0.2, 0.25) is 25.7 Å². The summed E-state index contributed by atoms with van der Waals surface area (Å²) in [5.74, 6) is 1.13. The van der Waals surface area contributed by atoms with Gasteiger partial charge in [0.25, 0.3) is 0 Å². The molecule has 0 N–H and O–H groups in total. The van der Waals surface area contributed by atoms with Gasteiger partial charge in [-0.3, -0.25) is 4.79 Å². The maximum absolute atomic E-state index is 11.7. The lowest BCUT2D eigenvalue weighted by atomic mass is 10.1. The molecule has 2 rings (SSSR count). The summed E-state index contributed by atoms with van der Waals surface area (Å²) in [5, 5.41) is 4.30. The van der Waals surface area contributed by atoms with E-state index in [1.165, 1.54) is 5.56 Å². The molecular weight excluding hydrogens is 260 g/mol. The Labute approximate surface area is 114 Å². The number of thiophene rings is 1. The van der Waals surface area contributed by atoms with Gasteiger partial charge in [-0.2, -0.15) is 11.3 Å². The Morgan fingerprint density at radius 3 is 2.89 bits per heavy atom. The van der Waals surface area contributed by atoms with Crippen LogP contribution in [0.5, 0.6) is 0 Å². The quantitative estimate of drug-likeness (QED) is 0.579. The van der Waals surface area contributed by atoms with E-state index in [0.29, 0.717) is 24.9 Å². The summed E-state index contributed by atoms with van der Waals surface area (Å²) in [6, 6.07) is 3.24. The highest BCUT2D eigenvalue weighted by atomic mass is 32.1.